The number of methoxy groups -OCH3 is 1. The zero-order chi connectivity index (χ0) is 14.4. The van der Waals surface area contributed by atoms with Crippen molar-refractivity contribution in [1.29, 1.82) is 0 Å². The smallest absolute Gasteiger partial charge is 0.118 e. The minimum atomic E-state index is 0.703. The summed E-state index contributed by atoms with van der Waals surface area (Å²) < 4.78 is 5.27. The molecule has 1 aliphatic rings. The molecular formula is C18H29NO. The molecule has 1 aromatic rings. The largest absolute Gasteiger partial charge is 0.497 e. The molecule has 0 saturated heterocycles. The molecule has 1 aliphatic carbocycles. The van der Waals surface area contributed by atoms with Gasteiger partial charge < -0.3 is 10.1 Å². The molecule has 0 bridgehead atoms. The fourth-order valence-electron chi connectivity index (χ4n) is 3.41. The fraction of sp³-hybridized carbons (Fsp3) is 0.667. The molecule has 0 aromatic heterocycles. The SMILES string of the molecule is CCCNCC1CCC(C)CC1c1ccc(OC)cc1. The second-order valence-electron chi connectivity index (χ2n) is 6.26. The van der Waals surface area contributed by atoms with Crippen LogP contribution in [0.2, 0.25) is 0 Å². The zero-order valence-electron chi connectivity index (χ0n) is 13.2. The van der Waals surface area contributed by atoms with Gasteiger partial charge in [0.2, 0.25) is 0 Å². The molecular weight excluding hydrogens is 246 g/mol. The van der Waals surface area contributed by atoms with E-state index in [2.05, 4.69) is 43.4 Å². The van der Waals surface area contributed by atoms with Crippen LogP contribution in [0, 0.1) is 11.8 Å². The van der Waals surface area contributed by atoms with E-state index in [-0.39, 0.29) is 0 Å². The lowest BCUT2D eigenvalue weighted by atomic mass is 9.71. The molecule has 3 unspecified atom stereocenters. The Hall–Kier alpha value is -1.02. The molecule has 112 valence electrons. The highest BCUT2D eigenvalue weighted by molar-refractivity contribution is 5.30. The van der Waals surface area contributed by atoms with Crippen molar-refractivity contribution in [3.05, 3.63) is 29.8 Å². The number of benzene rings is 1. The molecule has 2 heteroatoms. The van der Waals surface area contributed by atoms with Gasteiger partial charge in [-0.15, -0.1) is 0 Å². The van der Waals surface area contributed by atoms with Crippen molar-refractivity contribution in [2.45, 2.75) is 45.4 Å². The van der Waals surface area contributed by atoms with Crippen LogP contribution < -0.4 is 10.1 Å². The molecule has 3 atom stereocenters. The molecule has 1 saturated carbocycles. The van der Waals surface area contributed by atoms with Crippen molar-refractivity contribution in [1.82, 2.24) is 5.32 Å². The van der Waals surface area contributed by atoms with Crippen LogP contribution >= 0.6 is 0 Å². The average molecular weight is 275 g/mol. The molecule has 0 amide bonds. The predicted octanol–water partition coefficient (Wildman–Crippen LogP) is 4.21. The van der Waals surface area contributed by atoms with E-state index in [0.717, 1.165) is 30.7 Å². The van der Waals surface area contributed by atoms with Gasteiger partial charge in [0.1, 0.15) is 5.75 Å². The fourth-order valence-corrected chi connectivity index (χ4v) is 3.41. The third-order valence-corrected chi connectivity index (χ3v) is 4.63. The highest BCUT2D eigenvalue weighted by Crippen LogP contribution is 2.40. The Labute approximate surface area is 123 Å². The molecule has 2 nitrogen and oxygen atoms in total. The first-order valence-corrected chi connectivity index (χ1v) is 8.09. The number of nitrogens with one attached hydrogen (secondary N) is 1. The van der Waals surface area contributed by atoms with Crippen LogP contribution in [-0.2, 0) is 0 Å². The minimum Gasteiger partial charge on any atom is -0.497 e. The van der Waals surface area contributed by atoms with Crippen molar-refractivity contribution in [3.8, 4) is 5.75 Å². The van der Waals surface area contributed by atoms with E-state index in [0.29, 0.717) is 5.92 Å². The van der Waals surface area contributed by atoms with E-state index in [9.17, 15) is 0 Å². The van der Waals surface area contributed by atoms with Crippen LogP contribution in [0.5, 0.6) is 5.75 Å². The third-order valence-electron chi connectivity index (χ3n) is 4.63. The first-order chi connectivity index (χ1) is 9.74. The first kappa shape index (κ1) is 15.4. The van der Waals surface area contributed by atoms with E-state index >= 15 is 0 Å². The summed E-state index contributed by atoms with van der Waals surface area (Å²) in [5.74, 6) is 3.29. The molecule has 1 aromatic carbocycles. The van der Waals surface area contributed by atoms with Gasteiger partial charge in [0, 0.05) is 0 Å². The summed E-state index contributed by atoms with van der Waals surface area (Å²) in [7, 11) is 1.73. The summed E-state index contributed by atoms with van der Waals surface area (Å²) in [6, 6.07) is 8.72. The van der Waals surface area contributed by atoms with Crippen molar-refractivity contribution in [2.24, 2.45) is 11.8 Å². The van der Waals surface area contributed by atoms with Crippen LogP contribution in [0.15, 0.2) is 24.3 Å². The second-order valence-corrected chi connectivity index (χ2v) is 6.26. The zero-order valence-corrected chi connectivity index (χ0v) is 13.2. The lowest BCUT2D eigenvalue weighted by molar-refractivity contribution is 0.242. The van der Waals surface area contributed by atoms with Gasteiger partial charge in [0.05, 0.1) is 7.11 Å². The summed E-state index contributed by atoms with van der Waals surface area (Å²) in [6.07, 6.45) is 5.28. The number of hydrogen-bond acceptors (Lipinski definition) is 2. The standard InChI is InChI=1S/C18H29NO/c1-4-11-19-13-16-6-5-14(2)12-18(16)15-7-9-17(20-3)10-8-15/h7-10,14,16,18-19H,4-6,11-13H2,1-3H3. The highest BCUT2D eigenvalue weighted by atomic mass is 16.5. The van der Waals surface area contributed by atoms with E-state index in [4.69, 9.17) is 4.74 Å². The van der Waals surface area contributed by atoms with Gasteiger partial charge in [-0.2, -0.15) is 0 Å². The van der Waals surface area contributed by atoms with Gasteiger partial charge in [-0.05, 0) is 67.8 Å². The number of hydrogen-bond donors (Lipinski definition) is 1. The van der Waals surface area contributed by atoms with Crippen molar-refractivity contribution in [2.75, 3.05) is 20.2 Å². The summed E-state index contributed by atoms with van der Waals surface area (Å²) in [6.45, 7) is 6.93. The highest BCUT2D eigenvalue weighted by Gasteiger charge is 2.29. The monoisotopic (exact) mass is 275 g/mol. The Bertz CT molecular complexity index is 387. The quantitative estimate of drug-likeness (QED) is 0.785. The summed E-state index contributed by atoms with van der Waals surface area (Å²) >= 11 is 0. The predicted molar refractivity (Wildman–Crippen MR) is 85.4 cm³/mol. The van der Waals surface area contributed by atoms with Gasteiger partial charge >= 0.3 is 0 Å². The summed E-state index contributed by atoms with van der Waals surface area (Å²) in [5, 5.41) is 3.62. The first-order valence-electron chi connectivity index (χ1n) is 8.09. The van der Waals surface area contributed by atoms with Crippen molar-refractivity contribution < 1.29 is 4.74 Å². The van der Waals surface area contributed by atoms with E-state index < -0.39 is 0 Å². The van der Waals surface area contributed by atoms with Gasteiger partial charge in [-0.25, -0.2) is 0 Å². The molecule has 1 fully saturated rings. The van der Waals surface area contributed by atoms with Crippen LogP contribution in [0.3, 0.4) is 0 Å². The Morgan fingerprint density at radius 3 is 2.60 bits per heavy atom. The van der Waals surface area contributed by atoms with Crippen LogP contribution in [-0.4, -0.2) is 20.2 Å². The summed E-state index contributed by atoms with van der Waals surface area (Å²) in [5.41, 5.74) is 1.49. The molecule has 0 heterocycles. The Balaban J connectivity index is 2.05. The third kappa shape index (κ3) is 3.99. The molecule has 20 heavy (non-hydrogen) atoms. The maximum absolute atomic E-state index is 5.27. The van der Waals surface area contributed by atoms with Crippen molar-refractivity contribution in [3.63, 3.8) is 0 Å². The lowest BCUT2D eigenvalue weighted by Gasteiger charge is -2.35. The summed E-state index contributed by atoms with van der Waals surface area (Å²) in [4.78, 5) is 0. The van der Waals surface area contributed by atoms with Crippen LogP contribution in [0.4, 0.5) is 0 Å². The van der Waals surface area contributed by atoms with E-state index in [1.54, 1.807) is 7.11 Å². The topological polar surface area (TPSA) is 21.3 Å². The van der Waals surface area contributed by atoms with Crippen LogP contribution in [0.1, 0.15) is 51.0 Å². The average Bonchev–Trinajstić information content (AvgIpc) is 2.49. The minimum absolute atomic E-state index is 0.703. The molecule has 0 spiro atoms. The van der Waals surface area contributed by atoms with Crippen LogP contribution in [0.25, 0.3) is 0 Å². The van der Waals surface area contributed by atoms with Gasteiger partial charge in [0.25, 0.3) is 0 Å². The lowest BCUT2D eigenvalue weighted by Crippen LogP contribution is -2.31. The molecule has 1 N–H and O–H groups in total. The van der Waals surface area contributed by atoms with Gasteiger partial charge in [-0.1, -0.05) is 32.4 Å². The Morgan fingerprint density at radius 2 is 1.95 bits per heavy atom. The number of ether oxygens (including phenoxy) is 1. The molecule has 0 aliphatic heterocycles. The Kier molecular flexibility index (Phi) is 5.90. The van der Waals surface area contributed by atoms with E-state index in [1.807, 2.05) is 0 Å². The van der Waals surface area contributed by atoms with Gasteiger partial charge in [-0.3, -0.25) is 0 Å². The maximum atomic E-state index is 5.27. The van der Waals surface area contributed by atoms with Gasteiger partial charge in [0.15, 0.2) is 0 Å². The van der Waals surface area contributed by atoms with E-state index in [1.165, 1.54) is 31.2 Å². The Morgan fingerprint density at radius 1 is 1.20 bits per heavy atom. The van der Waals surface area contributed by atoms with Crippen molar-refractivity contribution >= 4 is 0 Å². The number of rotatable bonds is 6. The molecule has 0 radical (unpaired) electrons. The normalized spacial score (nSPS) is 26.4. The maximum Gasteiger partial charge on any atom is 0.118 e. The molecule has 2 rings (SSSR count). The second kappa shape index (κ2) is 7.68.